The molecule has 2 heterocycles. The first-order chi connectivity index (χ1) is 18.8. The van der Waals surface area contributed by atoms with Crippen LogP contribution in [0.25, 0.3) is 11.4 Å². The van der Waals surface area contributed by atoms with Gasteiger partial charge in [-0.3, -0.25) is 14.5 Å². The molecular formula is C28H34N8O3. The molecule has 11 nitrogen and oxygen atoms in total. The summed E-state index contributed by atoms with van der Waals surface area (Å²) in [7, 11) is 0. The lowest BCUT2D eigenvalue weighted by molar-refractivity contribution is -0.123. The molecule has 1 fully saturated rings. The smallest absolute Gasteiger partial charge is 0.320 e. The predicted molar refractivity (Wildman–Crippen MR) is 147 cm³/mol. The van der Waals surface area contributed by atoms with Crippen LogP contribution in [0.3, 0.4) is 0 Å². The largest absolute Gasteiger partial charge is 0.368 e. The monoisotopic (exact) mass is 530 g/mol. The lowest BCUT2D eigenvalue weighted by Gasteiger charge is -2.33. The average Bonchev–Trinajstić information content (AvgIpc) is 3.43. The second kappa shape index (κ2) is 11.2. The van der Waals surface area contributed by atoms with E-state index in [1.165, 1.54) is 29.1 Å². The maximum absolute atomic E-state index is 14.3. The number of nitrogens with zero attached hydrogens (tertiary/aromatic N) is 5. The van der Waals surface area contributed by atoms with E-state index in [1.54, 1.807) is 24.3 Å². The summed E-state index contributed by atoms with van der Waals surface area (Å²) in [6, 6.07) is 11.3. The first-order valence-corrected chi connectivity index (χ1v) is 13.4. The molecule has 5 N–H and O–H groups in total. The van der Waals surface area contributed by atoms with Gasteiger partial charge in [0.05, 0.1) is 0 Å². The number of hydrogen-bond acceptors (Lipinski definition) is 6. The van der Waals surface area contributed by atoms with Crippen molar-refractivity contribution in [2.45, 2.75) is 63.8 Å². The molecule has 3 aromatic rings. The summed E-state index contributed by atoms with van der Waals surface area (Å²) in [5, 5.41) is 14.1. The third-order valence-electron chi connectivity index (χ3n) is 7.91. The summed E-state index contributed by atoms with van der Waals surface area (Å²) in [6.45, 7) is 1.66. The topological polar surface area (TPSA) is 164 Å². The number of hydrogen-bond donors (Lipinski definition) is 3. The molecule has 204 valence electrons. The number of carbonyl (C=O) groups excluding carboxylic acids is 3. The normalized spacial score (nSPS) is 19.8. The molecule has 0 saturated heterocycles. The van der Waals surface area contributed by atoms with Gasteiger partial charge in [-0.15, -0.1) is 10.2 Å². The van der Waals surface area contributed by atoms with Gasteiger partial charge < -0.3 is 16.4 Å². The fraction of sp³-hybridized carbons (Fsp3) is 0.429. The van der Waals surface area contributed by atoms with E-state index in [0.717, 1.165) is 30.4 Å². The number of nitrogens with two attached hydrogens (primary N) is 2. The van der Waals surface area contributed by atoms with Crippen LogP contribution < -0.4 is 21.3 Å². The van der Waals surface area contributed by atoms with Gasteiger partial charge in [0, 0.05) is 16.9 Å². The van der Waals surface area contributed by atoms with Crippen molar-refractivity contribution in [1.82, 2.24) is 20.6 Å². The summed E-state index contributed by atoms with van der Waals surface area (Å²) in [5.74, 6) is -0.167. The quantitative estimate of drug-likeness (QED) is 0.424. The third-order valence-corrected chi connectivity index (χ3v) is 7.91. The number of carbonyl (C=O) groups is 3. The Morgan fingerprint density at radius 3 is 2.59 bits per heavy atom. The number of aromatic amines is 1. The number of aromatic nitrogens is 4. The van der Waals surface area contributed by atoms with Crippen LogP contribution in [0.4, 0.5) is 16.2 Å². The number of nitrogens with one attached hydrogen (secondary N) is 1. The summed E-state index contributed by atoms with van der Waals surface area (Å²) >= 11 is 0. The minimum absolute atomic E-state index is 0.0160. The fourth-order valence-electron chi connectivity index (χ4n) is 6.15. The lowest BCUT2D eigenvalue weighted by atomic mass is 9.78. The van der Waals surface area contributed by atoms with Crippen LogP contribution >= 0.6 is 0 Å². The van der Waals surface area contributed by atoms with Crippen LogP contribution in [0.15, 0.2) is 42.5 Å². The number of tetrazole rings is 1. The number of H-pyrrole nitrogens is 1. The van der Waals surface area contributed by atoms with Gasteiger partial charge >= 0.3 is 6.03 Å². The molecule has 1 saturated carbocycles. The molecule has 0 radical (unpaired) electrons. The van der Waals surface area contributed by atoms with Crippen molar-refractivity contribution in [3.8, 4) is 11.4 Å². The number of rotatable bonds is 7. The van der Waals surface area contributed by atoms with Gasteiger partial charge in [-0.05, 0) is 66.1 Å². The van der Waals surface area contributed by atoms with Crippen molar-refractivity contribution < 1.29 is 14.4 Å². The minimum Gasteiger partial charge on any atom is -0.368 e. The van der Waals surface area contributed by atoms with Crippen molar-refractivity contribution in [2.75, 3.05) is 16.3 Å². The number of fused-ring (bicyclic) bond motifs is 1. The van der Waals surface area contributed by atoms with Gasteiger partial charge in [0.15, 0.2) is 0 Å². The number of aryl methyl sites for hydroxylation is 1. The molecule has 4 amide bonds. The molecule has 0 bridgehead atoms. The van der Waals surface area contributed by atoms with Crippen molar-refractivity contribution in [3.63, 3.8) is 0 Å². The Hall–Kier alpha value is -4.28. The standard InChI is InChI=1S/C28H34N8O3/c1-17-10-11-22-20(13-18-6-3-2-4-7-18)15-24(27(38)35(16-25(29)37)23(22)12-17)36(28(30)39)21-9-5-8-19(14-21)26-31-33-34-32-26/h5,8-12,14,18,20,24H,2-4,6-7,13,15-16H2,1H3,(H2,29,37)(H2,30,39)(H,31,32,33,34). The molecule has 2 aliphatic rings. The minimum atomic E-state index is -0.941. The van der Waals surface area contributed by atoms with Gasteiger partial charge in [0.25, 0.3) is 5.91 Å². The highest BCUT2D eigenvalue weighted by atomic mass is 16.2. The Kier molecular flexibility index (Phi) is 7.58. The van der Waals surface area contributed by atoms with E-state index in [1.807, 2.05) is 25.1 Å². The number of urea groups is 1. The highest BCUT2D eigenvalue weighted by molar-refractivity contribution is 6.08. The Balaban J connectivity index is 1.60. The van der Waals surface area contributed by atoms with E-state index < -0.39 is 23.9 Å². The van der Waals surface area contributed by atoms with Gasteiger partial charge in [0.1, 0.15) is 12.6 Å². The molecule has 2 unspecified atom stereocenters. The summed E-state index contributed by atoms with van der Waals surface area (Å²) in [5.41, 5.74) is 15.3. The van der Waals surface area contributed by atoms with Gasteiger partial charge in [-0.25, -0.2) is 4.79 Å². The van der Waals surface area contributed by atoms with Crippen LogP contribution in [0.2, 0.25) is 0 Å². The summed E-state index contributed by atoms with van der Waals surface area (Å²) in [4.78, 5) is 42.2. The zero-order valence-electron chi connectivity index (χ0n) is 22.0. The molecule has 0 spiro atoms. The van der Waals surface area contributed by atoms with Crippen LogP contribution in [0.5, 0.6) is 0 Å². The zero-order valence-corrected chi connectivity index (χ0v) is 22.0. The average molecular weight is 531 g/mol. The Labute approximate surface area is 226 Å². The van der Waals surface area contributed by atoms with E-state index in [2.05, 4.69) is 20.6 Å². The Morgan fingerprint density at radius 1 is 1.10 bits per heavy atom. The summed E-state index contributed by atoms with van der Waals surface area (Å²) < 4.78 is 0. The molecule has 1 aromatic heterocycles. The highest BCUT2D eigenvalue weighted by Gasteiger charge is 2.41. The van der Waals surface area contributed by atoms with E-state index in [9.17, 15) is 14.4 Å². The molecule has 11 heteroatoms. The van der Waals surface area contributed by atoms with Crippen LogP contribution in [-0.4, -0.2) is 51.1 Å². The predicted octanol–water partition coefficient (Wildman–Crippen LogP) is 3.41. The lowest BCUT2D eigenvalue weighted by Crippen LogP contribution is -2.54. The second-order valence-electron chi connectivity index (χ2n) is 10.6. The molecule has 39 heavy (non-hydrogen) atoms. The Morgan fingerprint density at radius 2 is 1.90 bits per heavy atom. The summed E-state index contributed by atoms with van der Waals surface area (Å²) in [6.07, 6.45) is 7.20. The fourth-order valence-corrected chi connectivity index (χ4v) is 6.15. The molecular weight excluding hydrogens is 496 g/mol. The molecule has 2 atom stereocenters. The van der Waals surface area contributed by atoms with Crippen LogP contribution in [-0.2, 0) is 9.59 Å². The SMILES string of the molecule is Cc1ccc2c(c1)N(CC(N)=O)C(=O)C(N(C(N)=O)c1cccc(-c3nn[nH]n3)c1)CC2CC1CCCCC1. The van der Waals surface area contributed by atoms with Crippen molar-refractivity contribution in [2.24, 2.45) is 17.4 Å². The number of anilines is 2. The van der Waals surface area contributed by atoms with Crippen molar-refractivity contribution in [3.05, 3.63) is 53.6 Å². The third kappa shape index (κ3) is 5.62. The number of primary amides is 2. The molecule has 2 aromatic carbocycles. The van der Waals surface area contributed by atoms with E-state index >= 15 is 0 Å². The van der Waals surface area contributed by atoms with Gasteiger partial charge in [0.2, 0.25) is 11.7 Å². The van der Waals surface area contributed by atoms with E-state index in [0.29, 0.717) is 35.1 Å². The van der Waals surface area contributed by atoms with Crippen LogP contribution in [0, 0.1) is 12.8 Å². The molecule has 1 aliphatic heterocycles. The zero-order chi connectivity index (χ0) is 27.5. The van der Waals surface area contributed by atoms with Gasteiger partial charge in [-0.2, -0.15) is 5.21 Å². The maximum Gasteiger partial charge on any atom is 0.320 e. The molecule has 5 rings (SSSR count). The number of amides is 4. The van der Waals surface area contributed by atoms with E-state index in [-0.39, 0.29) is 12.5 Å². The van der Waals surface area contributed by atoms with Crippen molar-refractivity contribution >= 4 is 29.2 Å². The maximum atomic E-state index is 14.3. The van der Waals surface area contributed by atoms with Crippen molar-refractivity contribution in [1.29, 1.82) is 0 Å². The van der Waals surface area contributed by atoms with E-state index in [4.69, 9.17) is 11.5 Å². The second-order valence-corrected chi connectivity index (χ2v) is 10.6. The highest BCUT2D eigenvalue weighted by Crippen LogP contribution is 2.43. The first-order valence-electron chi connectivity index (χ1n) is 13.4. The number of benzene rings is 2. The van der Waals surface area contributed by atoms with Gasteiger partial charge in [-0.1, -0.05) is 56.4 Å². The Bertz CT molecular complexity index is 1350. The first kappa shape index (κ1) is 26.3. The van der Waals surface area contributed by atoms with Crippen LogP contribution in [0.1, 0.15) is 62.0 Å². The molecule has 1 aliphatic carbocycles.